The monoisotopic (exact) mass is 373 g/mol. The van der Waals surface area contributed by atoms with Crippen LogP contribution >= 0.6 is 24.8 Å². The van der Waals surface area contributed by atoms with Crippen LogP contribution in [0.1, 0.15) is 47.3 Å². The van der Waals surface area contributed by atoms with Gasteiger partial charge in [-0.1, -0.05) is 38.1 Å². The summed E-state index contributed by atoms with van der Waals surface area (Å²) in [5.41, 5.74) is 8.44. The van der Waals surface area contributed by atoms with E-state index in [1.54, 1.807) is 0 Å². The number of amides is 1. The van der Waals surface area contributed by atoms with Crippen LogP contribution in [-0.4, -0.2) is 17.4 Å². The molecule has 1 aromatic carbocycles. The molecule has 0 saturated heterocycles. The van der Waals surface area contributed by atoms with Crippen LogP contribution in [0.5, 0.6) is 0 Å². The number of rotatable bonds is 5. The highest BCUT2D eigenvalue weighted by molar-refractivity contribution is 5.93. The molecule has 1 atom stereocenters. The van der Waals surface area contributed by atoms with E-state index >= 15 is 0 Å². The molecule has 0 aliphatic rings. The first-order valence-corrected chi connectivity index (χ1v) is 7.21. The van der Waals surface area contributed by atoms with Crippen molar-refractivity contribution >= 4 is 30.7 Å². The van der Waals surface area contributed by atoms with Gasteiger partial charge in [0.05, 0.1) is 11.8 Å². The number of aromatic nitrogens is 1. The summed E-state index contributed by atoms with van der Waals surface area (Å²) in [6.45, 7) is 4.53. The van der Waals surface area contributed by atoms with Gasteiger partial charge in [0.25, 0.3) is 5.91 Å². The van der Waals surface area contributed by atoms with E-state index in [-0.39, 0.29) is 48.9 Å². The van der Waals surface area contributed by atoms with Gasteiger partial charge in [-0.25, -0.2) is 4.39 Å². The summed E-state index contributed by atoms with van der Waals surface area (Å²) in [6, 6.07) is 8.85. The Labute approximate surface area is 153 Å². The predicted octanol–water partition coefficient (Wildman–Crippen LogP) is 3.62. The van der Waals surface area contributed by atoms with Crippen molar-refractivity contribution in [2.24, 2.45) is 5.73 Å². The van der Waals surface area contributed by atoms with Gasteiger partial charge in [-0.05, 0) is 23.1 Å². The first-order chi connectivity index (χ1) is 10.5. The molecular weight excluding hydrogens is 352 g/mol. The number of hydrogen-bond acceptors (Lipinski definition) is 3. The van der Waals surface area contributed by atoms with Crippen molar-refractivity contribution in [2.45, 2.75) is 25.8 Å². The fourth-order valence-corrected chi connectivity index (χ4v) is 2.09. The van der Waals surface area contributed by atoms with Crippen LogP contribution in [0.4, 0.5) is 4.39 Å². The second kappa shape index (κ2) is 10.2. The van der Waals surface area contributed by atoms with Gasteiger partial charge < -0.3 is 11.1 Å². The summed E-state index contributed by atoms with van der Waals surface area (Å²) in [7, 11) is 0. The Kier molecular flexibility index (Phi) is 9.51. The molecule has 1 amide bonds. The topological polar surface area (TPSA) is 68.0 Å². The van der Waals surface area contributed by atoms with Crippen LogP contribution in [-0.2, 0) is 0 Å². The third kappa shape index (κ3) is 6.07. The smallest absolute Gasteiger partial charge is 0.253 e. The number of nitrogens with zero attached hydrogens (tertiary/aromatic N) is 1. The molecule has 2 aromatic rings. The normalized spacial score (nSPS) is 11.2. The van der Waals surface area contributed by atoms with E-state index in [0.29, 0.717) is 5.92 Å². The fraction of sp³-hybridized carbons (Fsp3) is 0.294. The van der Waals surface area contributed by atoms with Crippen molar-refractivity contribution in [3.63, 3.8) is 0 Å². The minimum absolute atomic E-state index is 0. The standard InChI is InChI=1S/C17H20FN3O.2ClH/c1-11(2)12-3-5-13(6-4-12)16(19)10-21-17(22)14-7-15(18)9-20-8-14;;/h3-9,11,16H,10,19H2,1-2H3,(H,21,22);2*1H. The van der Waals surface area contributed by atoms with E-state index in [1.165, 1.54) is 11.8 Å². The summed E-state index contributed by atoms with van der Waals surface area (Å²) >= 11 is 0. The number of nitrogens with one attached hydrogen (secondary N) is 1. The van der Waals surface area contributed by atoms with Gasteiger partial charge in [0.1, 0.15) is 5.82 Å². The van der Waals surface area contributed by atoms with Gasteiger partial charge in [0.15, 0.2) is 0 Å². The molecule has 0 fully saturated rings. The van der Waals surface area contributed by atoms with Crippen LogP contribution < -0.4 is 11.1 Å². The summed E-state index contributed by atoms with van der Waals surface area (Å²) in [5, 5.41) is 2.69. The maximum atomic E-state index is 13.0. The number of benzene rings is 1. The lowest BCUT2D eigenvalue weighted by Crippen LogP contribution is -2.32. The lowest BCUT2D eigenvalue weighted by atomic mass is 9.99. The lowest BCUT2D eigenvalue weighted by Gasteiger charge is -2.14. The molecule has 0 saturated carbocycles. The molecule has 1 heterocycles. The van der Waals surface area contributed by atoms with Crippen LogP contribution in [0.15, 0.2) is 42.7 Å². The zero-order chi connectivity index (χ0) is 16.1. The molecular formula is C17H22Cl2FN3O. The maximum absolute atomic E-state index is 13.0. The summed E-state index contributed by atoms with van der Waals surface area (Å²) in [4.78, 5) is 15.6. The Morgan fingerprint density at radius 2 is 1.75 bits per heavy atom. The molecule has 132 valence electrons. The second-order valence-electron chi connectivity index (χ2n) is 5.53. The second-order valence-corrected chi connectivity index (χ2v) is 5.53. The average Bonchev–Trinajstić information content (AvgIpc) is 2.52. The predicted molar refractivity (Wildman–Crippen MR) is 98.5 cm³/mol. The number of nitrogens with two attached hydrogens (primary N) is 1. The van der Waals surface area contributed by atoms with Gasteiger partial charge in [-0.2, -0.15) is 0 Å². The minimum Gasteiger partial charge on any atom is -0.350 e. The van der Waals surface area contributed by atoms with E-state index < -0.39 is 5.82 Å². The van der Waals surface area contributed by atoms with Crippen molar-refractivity contribution in [3.05, 3.63) is 65.2 Å². The average molecular weight is 374 g/mol. The van der Waals surface area contributed by atoms with Gasteiger partial charge in [-0.15, -0.1) is 24.8 Å². The SMILES string of the molecule is CC(C)c1ccc(C(N)CNC(=O)c2cncc(F)c2)cc1.Cl.Cl. The zero-order valence-electron chi connectivity index (χ0n) is 13.5. The number of carbonyl (C=O) groups is 1. The van der Waals surface area contributed by atoms with Crippen LogP contribution in [0.2, 0.25) is 0 Å². The molecule has 0 aliphatic heterocycles. The lowest BCUT2D eigenvalue weighted by molar-refractivity contribution is 0.0950. The number of pyridine rings is 1. The van der Waals surface area contributed by atoms with Gasteiger partial charge >= 0.3 is 0 Å². The Hall–Kier alpha value is -1.69. The summed E-state index contributed by atoms with van der Waals surface area (Å²) < 4.78 is 13.0. The minimum atomic E-state index is -0.541. The highest BCUT2D eigenvalue weighted by Gasteiger charge is 2.11. The van der Waals surface area contributed by atoms with Crippen molar-refractivity contribution in [1.29, 1.82) is 0 Å². The highest BCUT2D eigenvalue weighted by Crippen LogP contribution is 2.17. The van der Waals surface area contributed by atoms with Crippen molar-refractivity contribution in [3.8, 4) is 0 Å². The van der Waals surface area contributed by atoms with Crippen LogP contribution in [0, 0.1) is 5.82 Å². The van der Waals surface area contributed by atoms with E-state index in [2.05, 4.69) is 24.1 Å². The Balaban J connectivity index is 0.00000264. The van der Waals surface area contributed by atoms with Crippen molar-refractivity contribution < 1.29 is 9.18 Å². The molecule has 3 N–H and O–H groups in total. The Morgan fingerprint density at radius 1 is 1.17 bits per heavy atom. The summed E-state index contributed by atoms with van der Waals surface area (Å²) in [6.07, 6.45) is 2.38. The molecule has 0 spiro atoms. The Bertz CT molecular complexity index is 651. The first kappa shape index (κ1) is 22.3. The van der Waals surface area contributed by atoms with Crippen LogP contribution in [0.3, 0.4) is 0 Å². The van der Waals surface area contributed by atoms with E-state index in [0.717, 1.165) is 17.8 Å². The number of halogens is 3. The van der Waals surface area contributed by atoms with Gasteiger partial charge in [0, 0.05) is 18.8 Å². The van der Waals surface area contributed by atoms with Crippen molar-refractivity contribution in [2.75, 3.05) is 6.54 Å². The third-order valence-electron chi connectivity index (χ3n) is 3.48. The molecule has 24 heavy (non-hydrogen) atoms. The maximum Gasteiger partial charge on any atom is 0.253 e. The summed E-state index contributed by atoms with van der Waals surface area (Å²) in [5.74, 6) is -0.465. The number of hydrogen-bond donors (Lipinski definition) is 2. The van der Waals surface area contributed by atoms with Gasteiger partial charge in [0.2, 0.25) is 0 Å². The quantitative estimate of drug-likeness (QED) is 0.840. The first-order valence-electron chi connectivity index (χ1n) is 7.21. The molecule has 7 heteroatoms. The van der Waals surface area contributed by atoms with Crippen molar-refractivity contribution in [1.82, 2.24) is 10.3 Å². The fourth-order valence-electron chi connectivity index (χ4n) is 2.09. The van der Waals surface area contributed by atoms with E-state index in [1.807, 2.05) is 24.3 Å². The molecule has 0 radical (unpaired) electrons. The highest BCUT2D eigenvalue weighted by atomic mass is 35.5. The van der Waals surface area contributed by atoms with Gasteiger partial charge in [-0.3, -0.25) is 9.78 Å². The zero-order valence-corrected chi connectivity index (χ0v) is 15.2. The molecule has 4 nitrogen and oxygen atoms in total. The van der Waals surface area contributed by atoms with E-state index in [9.17, 15) is 9.18 Å². The van der Waals surface area contributed by atoms with E-state index in [4.69, 9.17) is 5.73 Å². The number of carbonyl (C=O) groups excluding carboxylic acids is 1. The third-order valence-corrected chi connectivity index (χ3v) is 3.48. The molecule has 1 unspecified atom stereocenters. The molecule has 0 bridgehead atoms. The Morgan fingerprint density at radius 3 is 2.29 bits per heavy atom. The molecule has 2 rings (SSSR count). The molecule has 0 aliphatic carbocycles. The largest absolute Gasteiger partial charge is 0.350 e. The molecule has 1 aromatic heterocycles. The van der Waals surface area contributed by atoms with Crippen LogP contribution in [0.25, 0.3) is 0 Å².